The lowest BCUT2D eigenvalue weighted by molar-refractivity contribution is 0.294. The van der Waals surface area contributed by atoms with Crippen LogP contribution in [-0.2, 0) is 0 Å². The molecule has 0 aliphatic carbocycles. The van der Waals surface area contributed by atoms with Crippen molar-refractivity contribution in [3.63, 3.8) is 0 Å². The molecule has 0 heterocycles. The second-order valence-electron chi connectivity index (χ2n) is 6.01. The molecule has 3 nitrogen and oxygen atoms in total. The standard InChI is InChI=1S/C20H27NO2/c1-14-11-16(3)20(12-15(14)2)23-10-9-17(13-21)18-7-5-6-8-19(18)22-4/h5-8,11-12,17H,9-10,13,21H2,1-4H3. The number of para-hydroxylation sites is 1. The maximum absolute atomic E-state index is 6.00. The zero-order valence-corrected chi connectivity index (χ0v) is 14.6. The first-order valence-corrected chi connectivity index (χ1v) is 8.10. The third kappa shape index (κ3) is 4.26. The van der Waals surface area contributed by atoms with Crippen molar-refractivity contribution < 1.29 is 9.47 Å². The van der Waals surface area contributed by atoms with Crippen LogP contribution in [0.3, 0.4) is 0 Å². The van der Waals surface area contributed by atoms with Gasteiger partial charge >= 0.3 is 0 Å². The number of ether oxygens (including phenoxy) is 2. The van der Waals surface area contributed by atoms with Gasteiger partial charge < -0.3 is 15.2 Å². The van der Waals surface area contributed by atoms with Crippen molar-refractivity contribution in [3.8, 4) is 11.5 Å². The molecule has 2 aromatic rings. The second-order valence-corrected chi connectivity index (χ2v) is 6.01. The molecule has 0 aliphatic rings. The molecule has 0 aromatic heterocycles. The van der Waals surface area contributed by atoms with Crippen LogP contribution >= 0.6 is 0 Å². The zero-order chi connectivity index (χ0) is 16.8. The van der Waals surface area contributed by atoms with E-state index < -0.39 is 0 Å². The number of hydrogen-bond donors (Lipinski definition) is 1. The van der Waals surface area contributed by atoms with Gasteiger partial charge in [0.25, 0.3) is 0 Å². The molecule has 0 radical (unpaired) electrons. The molecule has 1 unspecified atom stereocenters. The Morgan fingerprint density at radius 2 is 1.65 bits per heavy atom. The summed E-state index contributed by atoms with van der Waals surface area (Å²) in [6.07, 6.45) is 0.864. The monoisotopic (exact) mass is 313 g/mol. The van der Waals surface area contributed by atoms with E-state index in [1.165, 1.54) is 16.7 Å². The Labute approximate surface area is 139 Å². The molecule has 2 aromatic carbocycles. The van der Waals surface area contributed by atoms with Crippen molar-refractivity contribution >= 4 is 0 Å². The summed E-state index contributed by atoms with van der Waals surface area (Å²) in [4.78, 5) is 0. The van der Waals surface area contributed by atoms with E-state index in [1.54, 1.807) is 7.11 Å². The molecule has 23 heavy (non-hydrogen) atoms. The van der Waals surface area contributed by atoms with Gasteiger partial charge in [-0.3, -0.25) is 0 Å². The van der Waals surface area contributed by atoms with E-state index in [9.17, 15) is 0 Å². The van der Waals surface area contributed by atoms with Gasteiger partial charge in [-0.25, -0.2) is 0 Å². The Morgan fingerprint density at radius 1 is 0.957 bits per heavy atom. The quantitative estimate of drug-likeness (QED) is 0.836. The molecule has 1 atom stereocenters. The average molecular weight is 313 g/mol. The molecule has 2 rings (SSSR count). The van der Waals surface area contributed by atoms with Crippen LogP contribution in [0.5, 0.6) is 11.5 Å². The fourth-order valence-corrected chi connectivity index (χ4v) is 2.80. The predicted octanol–water partition coefficient (Wildman–Crippen LogP) is 4.13. The number of aryl methyl sites for hydroxylation is 3. The van der Waals surface area contributed by atoms with Crippen molar-refractivity contribution in [3.05, 3.63) is 58.7 Å². The molecular formula is C20H27NO2. The van der Waals surface area contributed by atoms with Crippen molar-refractivity contribution in [1.29, 1.82) is 0 Å². The topological polar surface area (TPSA) is 44.5 Å². The summed E-state index contributed by atoms with van der Waals surface area (Å²) < 4.78 is 11.4. The van der Waals surface area contributed by atoms with Crippen LogP contribution in [0.25, 0.3) is 0 Å². The lowest BCUT2D eigenvalue weighted by Crippen LogP contribution is -2.16. The normalized spacial score (nSPS) is 12.0. The molecule has 0 spiro atoms. The third-order valence-electron chi connectivity index (χ3n) is 4.38. The van der Waals surface area contributed by atoms with E-state index >= 15 is 0 Å². The second kappa shape index (κ2) is 8.02. The summed E-state index contributed by atoms with van der Waals surface area (Å²) in [7, 11) is 1.70. The van der Waals surface area contributed by atoms with Gasteiger partial charge in [-0.1, -0.05) is 24.3 Å². The minimum Gasteiger partial charge on any atom is -0.496 e. The third-order valence-corrected chi connectivity index (χ3v) is 4.38. The Balaban J connectivity index is 2.03. The fourth-order valence-electron chi connectivity index (χ4n) is 2.80. The van der Waals surface area contributed by atoms with Crippen molar-refractivity contribution in [2.24, 2.45) is 5.73 Å². The van der Waals surface area contributed by atoms with Gasteiger partial charge in [-0.05, 0) is 68.1 Å². The number of methoxy groups -OCH3 is 1. The van der Waals surface area contributed by atoms with Gasteiger partial charge in [-0.15, -0.1) is 0 Å². The smallest absolute Gasteiger partial charge is 0.122 e. The first-order valence-electron chi connectivity index (χ1n) is 8.10. The first kappa shape index (κ1) is 17.4. The summed E-state index contributed by atoms with van der Waals surface area (Å²) in [5, 5.41) is 0. The highest BCUT2D eigenvalue weighted by Crippen LogP contribution is 2.29. The van der Waals surface area contributed by atoms with Crippen LogP contribution in [0, 0.1) is 20.8 Å². The predicted molar refractivity (Wildman–Crippen MR) is 95.6 cm³/mol. The molecule has 0 bridgehead atoms. The molecule has 0 amide bonds. The maximum atomic E-state index is 6.00. The summed E-state index contributed by atoms with van der Waals surface area (Å²) in [5.74, 6) is 2.09. The lowest BCUT2D eigenvalue weighted by Gasteiger charge is -2.19. The molecule has 124 valence electrons. The van der Waals surface area contributed by atoms with E-state index in [0.29, 0.717) is 13.2 Å². The van der Waals surface area contributed by atoms with Gasteiger partial charge in [0, 0.05) is 5.92 Å². The summed E-state index contributed by atoms with van der Waals surface area (Å²) in [6, 6.07) is 12.3. The number of benzene rings is 2. The lowest BCUT2D eigenvalue weighted by atomic mass is 9.95. The molecule has 0 saturated heterocycles. The summed E-state index contributed by atoms with van der Waals surface area (Å²) in [6.45, 7) is 7.54. The zero-order valence-electron chi connectivity index (χ0n) is 14.6. The van der Waals surface area contributed by atoms with Gasteiger partial charge in [0.2, 0.25) is 0 Å². The molecule has 3 heteroatoms. The maximum Gasteiger partial charge on any atom is 0.122 e. The van der Waals surface area contributed by atoms with Crippen LogP contribution in [0.2, 0.25) is 0 Å². The van der Waals surface area contributed by atoms with Gasteiger partial charge in [0.1, 0.15) is 11.5 Å². The van der Waals surface area contributed by atoms with Crippen molar-refractivity contribution in [2.45, 2.75) is 33.1 Å². The molecule has 0 saturated carbocycles. The van der Waals surface area contributed by atoms with Crippen LogP contribution in [0.4, 0.5) is 0 Å². The van der Waals surface area contributed by atoms with E-state index in [1.807, 2.05) is 18.2 Å². The molecule has 0 fully saturated rings. The van der Waals surface area contributed by atoms with Crippen LogP contribution < -0.4 is 15.2 Å². The van der Waals surface area contributed by atoms with E-state index in [4.69, 9.17) is 15.2 Å². The Kier molecular flexibility index (Phi) is 6.05. The van der Waals surface area contributed by atoms with Crippen LogP contribution in [0.1, 0.15) is 34.6 Å². The number of nitrogens with two attached hydrogens (primary N) is 1. The van der Waals surface area contributed by atoms with Gasteiger partial charge in [-0.2, -0.15) is 0 Å². The minimum atomic E-state index is 0.234. The Morgan fingerprint density at radius 3 is 2.35 bits per heavy atom. The molecule has 2 N–H and O–H groups in total. The summed E-state index contributed by atoms with van der Waals surface area (Å²) in [5.41, 5.74) is 10.8. The Hall–Kier alpha value is -2.00. The first-order chi connectivity index (χ1) is 11.1. The van der Waals surface area contributed by atoms with Crippen LogP contribution in [-0.4, -0.2) is 20.3 Å². The molecule has 0 aliphatic heterocycles. The highest BCUT2D eigenvalue weighted by molar-refractivity contribution is 5.41. The van der Waals surface area contributed by atoms with Crippen molar-refractivity contribution in [2.75, 3.05) is 20.3 Å². The highest BCUT2D eigenvalue weighted by Gasteiger charge is 2.15. The fraction of sp³-hybridized carbons (Fsp3) is 0.400. The van der Waals surface area contributed by atoms with Gasteiger partial charge in [0.05, 0.1) is 13.7 Å². The number of hydrogen-bond acceptors (Lipinski definition) is 3. The largest absolute Gasteiger partial charge is 0.496 e. The Bertz CT molecular complexity index is 652. The SMILES string of the molecule is COc1ccccc1C(CN)CCOc1cc(C)c(C)cc1C. The summed E-state index contributed by atoms with van der Waals surface area (Å²) >= 11 is 0. The number of rotatable bonds is 7. The molecular weight excluding hydrogens is 286 g/mol. The average Bonchev–Trinajstić information content (AvgIpc) is 2.56. The highest BCUT2D eigenvalue weighted by atomic mass is 16.5. The van der Waals surface area contributed by atoms with E-state index in [2.05, 4.69) is 39.0 Å². The van der Waals surface area contributed by atoms with Crippen LogP contribution in [0.15, 0.2) is 36.4 Å². The van der Waals surface area contributed by atoms with Gasteiger partial charge in [0.15, 0.2) is 0 Å². The van der Waals surface area contributed by atoms with Crippen molar-refractivity contribution in [1.82, 2.24) is 0 Å². The van der Waals surface area contributed by atoms with E-state index in [-0.39, 0.29) is 5.92 Å². The van der Waals surface area contributed by atoms with E-state index in [0.717, 1.165) is 23.5 Å². The minimum absolute atomic E-state index is 0.234.